The van der Waals surface area contributed by atoms with Crippen molar-refractivity contribution in [1.82, 2.24) is 14.8 Å². The van der Waals surface area contributed by atoms with Crippen LogP contribution in [0.5, 0.6) is 0 Å². The van der Waals surface area contributed by atoms with Crippen molar-refractivity contribution in [2.24, 2.45) is 0 Å². The maximum atomic E-state index is 4.81. The first-order valence-corrected chi connectivity index (χ1v) is 7.13. The molecule has 0 amide bonds. The third kappa shape index (κ3) is 2.92. The summed E-state index contributed by atoms with van der Waals surface area (Å²) in [4.78, 5) is 4.48. The van der Waals surface area contributed by atoms with E-state index in [1.165, 1.54) is 11.3 Å². The van der Waals surface area contributed by atoms with Gasteiger partial charge in [0, 0.05) is 17.0 Å². The normalized spacial score (nSPS) is 12.8. The molecule has 0 saturated heterocycles. The smallest absolute Gasteiger partial charge is 0.153 e. The molecule has 0 aliphatic carbocycles. The largest absolute Gasteiger partial charge is 0.237 e. The Balaban J connectivity index is 2.65. The molecule has 2 aromatic rings. The first kappa shape index (κ1) is 14.8. The summed E-state index contributed by atoms with van der Waals surface area (Å²) in [7, 11) is 0. The van der Waals surface area contributed by atoms with Crippen molar-refractivity contribution in [1.29, 1.82) is 0 Å². The van der Waals surface area contributed by atoms with Gasteiger partial charge in [-0.25, -0.2) is 9.67 Å². The summed E-state index contributed by atoms with van der Waals surface area (Å²) in [5.74, 6) is 0.894. The molecule has 3 nitrogen and oxygen atoms in total. The van der Waals surface area contributed by atoms with E-state index in [9.17, 15) is 0 Å². The average Bonchev–Trinajstić information content (AvgIpc) is 2.72. The van der Waals surface area contributed by atoms with E-state index in [1.807, 2.05) is 16.9 Å². The van der Waals surface area contributed by atoms with Crippen LogP contribution in [0, 0.1) is 6.92 Å². The third-order valence-electron chi connectivity index (χ3n) is 3.36. The molecule has 2 rings (SSSR count). The van der Waals surface area contributed by atoms with E-state index < -0.39 is 0 Å². The van der Waals surface area contributed by atoms with Gasteiger partial charge < -0.3 is 0 Å². The Morgan fingerprint density at radius 2 is 1.60 bits per heavy atom. The van der Waals surface area contributed by atoms with Crippen molar-refractivity contribution in [3.8, 4) is 5.82 Å². The second-order valence-corrected chi connectivity index (χ2v) is 7.52. The highest BCUT2D eigenvalue weighted by atomic mass is 15.3. The van der Waals surface area contributed by atoms with Gasteiger partial charge in [-0.1, -0.05) is 41.5 Å². The Bertz CT molecular complexity index is 610. The van der Waals surface area contributed by atoms with Gasteiger partial charge >= 0.3 is 0 Å². The van der Waals surface area contributed by atoms with Gasteiger partial charge in [-0.15, -0.1) is 0 Å². The van der Waals surface area contributed by atoms with Gasteiger partial charge in [0.15, 0.2) is 5.82 Å². The lowest BCUT2D eigenvalue weighted by Gasteiger charge is -2.19. The van der Waals surface area contributed by atoms with Crippen LogP contribution in [0.15, 0.2) is 24.4 Å². The van der Waals surface area contributed by atoms with Crippen molar-refractivity contribution < 1.29 is 0 Å². The highest BCUT2D eigenvalue weighted by molar-refractivity contribution is 5.33. The predicted molar refractivity (Wildman–Crippen MR) is 83.5 cm³/mol. The number of aromatic nitrogens is 3. The third-order valence-corrected chi connectivity index (χ3v) is 3.36. The molecule has 0 spiro atoms. The summed E-state index contributed by atoms with van der Waals surface area (Å²) in [5.41, 5.74) is 3.56. The molecule has 3 heteroatoms. The van der Waals surface area contributed by atoms with Crippen molar-refractivity contribution in [2.45, 2.75) is 59.3 Å². The van der Waals surface area contributed by atoms with E-state index in [2.05, 4.69) is 65.6 Å². The van der Waals surface area contributed by atoms with Crippen molar-refractivity contribution in [2.75, 3.05) is 0 Å². The van der Waals surface area contributed by atoms with E-state index >= 15 is 0 Å². The summed E-state index contributed by atoms with van der Waals surface area (Å²) in [6, 6.07) is 6.30. The van der Waals surface area contributed by atoms with E-state index in [1.54, 1.807) is 0 Å². The lowest BCUT2D eigenvalue weighted by atomic mass is 9.88. The monoisotopic (exact) mass is 271 g/mol. The van der Waals surface area contributed by atoms with Crippen LogP contribution in [-0.4, -0.2) is 14.8 Å². The van der Waals surface area contributed by atoms with Gasteiger partial charge in [0.2, 0.25) is 0 Å². The van der Waals surface area contributed by atoms with Gasteiger partial charge in [-0.2, -0.15) is 5.10 Å². The summed E-state index contributed by atoms with van der Waals surface area (Å²) in [6.07, 6.45) is 1.84. The molecule has 108 valence electrons. The van der Waals surface area contributed by atoms with Crippen LogP contribution in [0.4, 0.5) is 0 Å². The Morgan fingerprint density at radius 1 is 0.950 bits per heavy atom. The molecule has 0 atom stereocenters. The fourth-order valence-corrected chi connectivity index (χ4v) is 2.09. The second kappa shape index (κ2) is 4.72. The van der Waals surface area contributed by atoms with Crippen LogP contribution in [0.2, 0.25) is 0 Å². The van der Waals surface area contributed by atoms with Crippen molar-refractivity contribution >= 4 is 0 Å². The molecule has 0 unspecified atom stereocenters. The molecule has 0 radical (unpaired) electrons. The van der Waals surface area contributed by atoms with E-state index in [0.29, 0.717) is 0 Å². The Morgan fingerprint density at radius 3 is 2.10 bits per heavy atom. The molecule has 0 saturated carbocycles. The van der Waals surface area contributed by atoms with Gasteiger partial charge in [0.25, 0.3) is 0 Å². The fraction of sp³-hybridized carbons (Fsp3) is 0.529. The number of aryl methyl sites for hydroxylation is 1. The molecule has 0 aliphatic heterocycles. The maximum absolute atomic E-state index is 4.81. The van der Waals surface area contributed by atoms with Gasteiger partial charge in [0.05, 0.1) is 11.4 Å². The molecule has 0 fully saturated rings. The minimum Gasteiger partial charge on any atom is -0.237 e. The van der Waals surface area contributed by atoms with E-state index in [-0.39, 0.29) is 10.8 Å². The molecule has 2 heterocycles. The zero-order valence-electron chi connectivity index (χ0n) is 13.7. The van der Waals surface area contributed by atoms with Gasteiger partial charge in [0.1, 0.15) is 0 Å². The van der Waals surface area contributed by atoms with Gasteiger partial charge in [-0.3, -0.25) is 0 Å². The molecule has 0 bridgehead atoms. The first-order valence-electron chi connectivity index (χ1n) is 7.13. The van der Waals surface area contributed by atoms with Crippen molar-refractivity contribution in [3.05, 3.63) is 41.3 Å². The van der Waals surface area contributed by atoms with Crippen molar-refractivity contribution in [3.63, 3.8) is 0 Å². The van der Waals surface area contributed by atoms with E-state index in [0.717, 1.165) is 11.5 Å². The quantitative estimate of drug-likeness (QED) is 0.779. The zero-order valence-corrected chi connectivity index (χ0v) is 13.7. The minimum absolute atomic E-state index is 0.0297. The standard InChI is InChI=1S/C17H25N3/c1-12-8-9-18-15(10-12)20-14(17(5,6)7)11-13(19-20)16(2,3)4/h8-11H,1-7H3. The number of rotatable bonds is 1. The summed E-state index contributed by atoms with van der Waals surface area (Å²) >= 11 is 0. The summed E-state index contributed by atoms with van der Waals surface area (Å²) in [5, 5.41) is 4.81. The Kier molecular flexibility index (Phi) is 3.49. The van der Waals surface area contributed by atoms with Crippen LogP contribution in [0.3, 0.4) is 0 Å². The Hall–Kier alpha value is -1.64. The van der Waals surface area contributed by atoms with Crippen LogP contribution >= 0.6 is 0 Å². The number of hydrogen-bond acceptors (Lipinski definition) is 2. The molecule has 2 aromatic heterocycles. The van der Waals surface area contributed by atoms with Crippen LogP contribution in [0.1, 0.15) is 58.5 Å². The first-order chi connectivity index (χ1) is 9.09. The molecule has 0 N–H and O–H groups in total. The van der Waals surface area contributed by atoms with Crippen LogP contribution in [-0.2, 0) is 10.8 Å². The Labute approximate surface area is 122 Å². The second-order valence-electron chi connectivity index (χ2n) is 7.52. The van der Waals surface area contributed by atoms with Crippen LogP contribution in [0.25, 0.3) is 5.82 Å². The SMILES string of the molecule is Cc1ccnc(-n2nc(C(C)(C)C)cc2C(C)(C)C)c1. The molecular formula is C17H25N3. The average molecular weight is 271 g/mol. The number of pyridine rings is 1. The lowest BCUT2D eigenvalue weighted by Crippen LogP contribution is -2.18. The predicted octanol–water partition coefficient (Wildman–Crippen LogP) is 4.17. The van der Waals surface area contributed by atoms with E-state index in [4.69, 9.17) is 5.10 Å². The number of hydrogen-bond donors (Lipinski definition) is 0. The summed E-state index contributed by atoms with van der Waals surface area (Å²) < 4.78 is 1.99. The highest BCUT2D eigenvalue weighted by Gasteiger charge is 2.26. The van der Waals surface area contributed by atoms with Gasteiger partial charge in [-0.05, 0) is 30.7 Å². The fourth-order valence-electron chi connectivity index (χ4n) is 2.09. The topological polar surface area (TPSA) is 30.7 Å². The zero-order chi connectivity index (χ0) is 15.1. The minimum atomic E-state index is 0.0297. The molecule has 0 aliphatic rings. The number of nitrogens with zero attached hydrogens (tertiary/aromatic N) is 3. The van der Waals surface area contributed by atoms with Crippen LogP contribution < -0.4 is 0 Å². The maximum Gasteiger partial charge on any atom is 0.153 e. The molecule has 20 heavy (non-hydrogen) atoms. The molecule has 0 aromatic carbocycles. The highest BCUT2D eigenvalue weighted by Crippen LogP contribution is 2.30. The lowest BCUT2D eigenvalue weighted by molar-refractivity contribution is 0.534. The molecular weight excluding hydrogens is 246 g/mol. The summed E-state index contributed by atoms with van der Waals surface area (Å²) in [6.45, 7) is 15.3.